The molecule has 94 valence electrons. The van der Waals surface area contributed by atoms with Crippen molar-refractivity contribution in [2.24, 2.45) is 0 Å². The first-order chi connectivity index (χ1) is 8.59. The van der Waals surface area contributed by atoms with Crippen LogP contribution in [0.5, 0.6) is 0 Å². The van der Waals surface area contributed by atoms with Gasteiger partial charge in [-0.15, -0.1) is 0 Å². The summed E-state index contributed by atoms with van der Waals surface area (Å²) in [5.41, 5.74) is 1.62. The zero-order valence-corrected chi connectivity index (χ0v) is 9.97. The summed E-state index contributed by atoms with van der Waals surface area (Å²) in [6, 6.07) is 5.53. The van der Waals surface area contributed by atoms with E-state index in [1.807, 2.05) is 18.2 Å². The molecule has 18 heavy (non-hydrogen) atoms. The number of carboxylic acids is 1. The van der Waals surface area contributed by atoms with Gasteiger partial charge < -0.3 is 14.3 Å². The van der Waals surface area contributed by atoms with E-state index < -0.39 is 11.6 Å². The Bertz CT molecular complexity index is 612. The van der Waals surface area contributed by atoms with E-state index in [4.69, 9.17) is 14.3 Å². The van der Waals surface area contributed by atoms with Crippen LogP contribution in [0.3, 0.4) is 0 Å². The number of nitrogens with zero attached hydrogens (tertiary/aromatic N) is 1. The van der Waals surface area contributed by atoms with Gasteiger partial charge in [0.2, 0.25) is 0 Å². The van der Waals surface area contributed by atoms with E-state index in [2.05, 4.69) is 4.98 Å². The number of rotatable bonds is 3. The normalized spacial score (nSPS) is 22.9. The molecule has 5 nitrogen and oxygen atoms in total. The molecule has 0 spiro atoms. The zero-order valence-electron chi connectivity index (χ0n) is 9.97. The molecule has 2 heterocycles. The first-order valence-corrected chi connectivity index (χ1v) is 5.82. The summed E-state index contributed by atoms with van der Waals surface area (Å²) in [5.74, 6) is -0.255. The molecule has 5 heteroatoms. The van der Waals surface area contributed by atoms with Crippen molar-refractivity contribution in [1.29, 1.82) is 0 Å². The van der Waals surface area contributed by atoms with Gasteiger partial charge in [-0.25, -0.2) is 4.98 Å². The lowest BCUT2D eigenvalue weighted by Gasteiger charge is -2.41. The van der Waals surface area contributed by atoms with Gasteiger partial charge in [0.1, 0.15) is 11.1 Å². The van der Waals surface area contributed by atoms with Crippen LogP contribution in [0.25, 0.3) is 11.1 Å². The Kier molecular flexibility index (Phi) is 2.38. The summed E-state index contributed by atoms with van der Waals surface area (Å²) >= 11 is 0. The molecule has 3 rings (SSSR count). The van der Waals surface area contributed by atoms with Crippen molar-refractivity contribution in [2.45, 2.75) is 25.4 Å². The Morgan fingerprint density at radius 1 is 1.56 bits per heavy atom. The average molecular weight is 247 g/mol. The number of aromatic nitrogens is 1. The van der Waals surface area contributed by atoms with Crippen molar-refractivity contribution in [1.82, 2.24) is 4.98 Å². The quantitative estimate of drug-likeness (QED) is 0.900. The highest BCUT2D eigenvalue weighted by Gasteiger charge is 2.42. The van der Waals surface area contributed by atoms with Crippen molar-refractivity contribution in [2.75, 3.05) is 6.61 Å². The number of hydrogen-bond donors (Lipinski definition) is 1. The number of fused-ring (bicyclic) bond motifs is 1. The first-order valence-electron chi connectivity index (χ1n) is 5.82. The second-order valence-corrected chi connectivity index (χ2v) is 4.58. The third-order valence-electron chi connectivity index (χ3n) is 3.34. The fraction of sp³-hybridized carbons (Fsp3) is 0.385. The van der Waals surface area contributed by atoms with Crippen LogP contribution in [-0.4, -0.2) is 22.7 Å². The summed E-state index contributed by atoms with van der Waals surface area (Å²) in [6.07, 6.45) is 0.705. The van der Waals surface area contributed by atoms with E-state index in [1.54, 1.807) is 6.92 Å². The van der Waals surface area contributed by atoms with Crippen LogP contribution in [0.15, 0.2) is 22.6 Å². The number of aliphatic carboxylic acids is 1. The molecule has 1 aromatic carbocycles. The van der Waals surface area contributed by atoms with E-state index in [-0.39, 0.29) is 6.42 Å². The second kappa shape index (κ2) is 3.81. The molecule has 1 fully saturated rings. The van der Waals surface area contributed by atoms with Gasteiger partial charge >= 0.3 is 5.97 Å². The lowest BCUT2D eigenvalue weighted by Crippen LogP contribution is -2.42. The number of carbonyl (C=O) groups is 1. The Hall–Kier alpha value is -1.88. The molecule has 0 saturated carbocycles. The van der Waals surface area contributed by atoms with Crippen molar-refractivity contribution < 1.29 is 19.1 Å². The van der Waals surface area contributed by atoms with Crippen LogP contribution in [0.4, 0.5) is 0 Å². The summed E-state index contributed by atoms with van der Waals surface area (Å²) in [4.78, 5) is 15.2. The third-order valence-corrected chi connectivity index (χ3v) is 3.34. The highest BCUT2D eigenvalue weighted by atomic mass is 16.5. The number of hydrogen-bond acceptors (Lipinski definition) is 4. The number of aryl methyl sites for hydroxylation is 1. The minimum absolute atomic E-state index is 0.0185. The Labute approximate surface area is 103 Å². The Morgan fingerprint density at radius 2 is 2.33 bits per heavy atom. The Balaban J connectivity index is 2.04. The maximum Gasteiger partial charge on any atom is 0.306 e. The van der Waals surface area contributed by atoms with Gasteiger partial charge in [0.15, 0.2) is 11.5 Å². The second-order valence-electron chi connectivity index (χ2n) is 4.58. The smallest absolute Gasteiger partial charge is 0.306 e. The number of benzene rings is 1. The summed E-state index contributed by atoms with van der Waals surface area (Å²) in [5, 5.41) is 8.98. The predicted molar refractivity (Wildman–Crippen MR) is 63.2 cm³/mol. The summed E-state index contributed by atoms with van der Waals surface area (Å²) in [6.45, 7) is 2.38. The molecule has 1 aliphatic rings. The van der Waals surface area contributed by atoms with Gasteiger partial charge in [0.05, 0.1) is 13.0 Å². The SMILES string of the molecule is Cc1nc2cc(C3(CC(=O)O)CCO3)ccc2o1. The first kappa shape index (κ1) is 11.2. The van der Waals surface area contributed by atoms with Crippen molar-refractivity contribution >= 4 is 17.1 Å². The number of oxazole rings is 1. The predicted octanol–water partition coefficient (Wildman–Crippen LogP) is 2.23. The minimum atomic E-state index is -0.855. The van der Waals surface area contributed by atoms with Gasteiger partial charge in [-0.1, -0.05) is 6.07 Å². The van der Waals surface area contributed by atoms with Crippen molar-refractivity contribution in [3.63, 3.8) is 0 Å². The van der Waals surface area contributed by atoms with E-state index >= 15 is 0 Å². The van der Waals surface area contributed by atoms with Crippen LogP contribution in [0.2, 0.25) is 0 Å². The highest BCUT2D eigenvalue weighted by Crippen LogP contribution is 2.41. The van der Waals surface area contributed by atoms with Crippen molar-refractivity contribution in [3.8, 4) is 0 Å². The minimum Gasteiger partial charge on any atom is -0.481 e. The fourth-order valence-electron chi connectivity index (χ4n) is 2.39. The van der Waals surface area contributed by atoms with E-state index in [0.717, 1.165) is 17.5 Å². The molecule has 2 aromatic rings. The third kappa shape index (κ3) is 1.67. The standard InChI is InChI=1S/C13H13NO4/c1-8-14-10-6-9(2-3-11(10)18-8)13(4-5-17-13)7-12(15)16/h2-3,6H,4-5,7H2,1H3,(H,15,16). The van der Waals surface area contributed by atoms with Gasteiger partial charge in [-0.3, -0.25) is 4.79 Å². The van der Waals surface area contributed by atoms with Crippen LogP contribution < -0.4 is 0 Å². The molecule has 1 saturated heterocycles. The van der Waals surface area contributed by atoms with Crippen LogP contribution >= 0.6 is 0 Å². The Morgan fingerprint density at radius 3 is 2.94 bits per heavy atom. The summed E-state index contributed by atoms with van der Waals surface area (Å²) < 4.78 is 10.9. The highest BCUT2D eigenvalue weighted by molar-refractivity contribution is 5.75. The van der Waals surface area contributed by atoms with Gasteiger partial charge in [-0.2, -0.15) is 0 Å². The number of ether oxygens (including phenoxy) is 1. The van der Waals surface area contributed by atoms with E-state index in [0.29, 0.717) is 18.1 Å². The molecular weight excluding hydrogens is 234 g/mol. The summed E-state index contributed by atoms with van der Waals surface area (Å²) in [7, 11) is 0. The van der Waals surface area contributed by atoms with Gasteiger partial charge in [0.25, 0.3) is 0 Å². The van der Waals surface area contributed by atoms with Crippen LogP contribution in [0, 0.1) is 6.92 Å². The molecule has 0 aliphatic carbocycles. The largest absolute Gasteiger partial charge is 0.481 e. The number of carboxylic acid groups (broad SMARTS) is 1. The van der Waals surface area contributed by atoms with Gasteiger partial charge in [0, 0.05) is 13.3 Å². The zero-order chi connectivity index (χ0) is 12.8. The van der Waals surface area contributed by atoms with E-state index in [9.17, 15) is 4.79 Å². The molecule has 1 aromatic heterocycles. The molecule has 0 radical (unpaired) electrons. The molecule has 0 bridgehead atoms. The lowest BCUT2D eigenvalue weighted by molar-refractivity contribution is -0.176. The molecule has 0 amide bonds. The van der Waals surface area contributed by atoms with Gasteiger partial charge in [-0.05, 0) is 17.7 Å². The van der Waals surface area contributed by atoms with Crippen LogP contribution in [-0.2, 0) is 15.1 Å². The van der Waals surface area contributed by atoms with E-state index in [1.165, 1.54) is 0 Å². The fourth-order valence-corrected chi connectivity index (χ4v) is 2.39. The molecule has 1 N–H and O–H groups in total. The van der Waals surface area contributed by atoms with Crippen molar-refractivity contribution in [3.05, 3.63) is 29.7 Å². The average Bonchev–Trinajstić information content (AvgIpc) is 2.62. The molecule has 1 aliphatic heterocycles. The maximum absolute atomic E-state index is 10.9. The molecular formula is C13H13NO4. The van der Waals surface area contributed by atoms with Crippen LogP contribution in [0.1, 0.15) is 24.3 Å². The topological polar surface area (TPSA) is 72.6 Å². The molecule has 1 unspecified atom stereocenters. The monoisotopic (exact) mass is 247 g/mol. The lowest BCUT2D eigenvalue weighted by atomic mass is 9.83. The molecule has 1 atom stereocenters. The maximum atomic E-state index is 10.9.